The van der Waals surface area contributed by atoms with Crippen LogP contribution in [0, 0.1) is 0 Å². The maximum atomic E-state index is 13.5. The number of sulfonamides is 1. The van der Waals surface area contributed by atoms with Gasteiger partial charge >= 0.3 is 6.18 Å². The zero-order valence-corrected chi connectivity index (χ0v) is 17.8. The van der Waals surface area contributed by atoms with Gasteiger partial charge in [-0.05, 0) is 36.6 Å². The molecule has 3 heterocycles. The quantitative estimate of drug-likeness (QED) is 0.456. The zero-order valence-electron chi connectivity index (χ0n) is 17.0. The predicted molar refractivity (Wildman–Crippen MR) is 112 cm³/mol. The number of allylic oxidation sites excluding steroid dienone is 1. The van der Waals surface area contributed by atoms with Crippen molar-refractivity contribution in [2.45, 2.75) is 38.9 Å². The molecule has 1 aliphatic rings. The topological polar surface area (TPSA) is 116 Å². The molecule has 166 valence electrons. The van der Waals surface area contributed by atoms with Crippen molar-refractivity contribution in [1.82, 2.24) is 20.4 Å². The molecule has 12 heteroatoms. The first-order valence-electron chi connectivity index (χ1n) is 9.57. The molecule has 0 aliphatic carbocycles. The lowest BCUT2D eigenvalue weighted by atomic mass is 9.83. The average molecular weight is 454 g/mol. The number of H-pyrrole nitrogens is 2. The van der Waals surface area contributed by atoms with Gasteiger partial charge in [-0.2, -0.15) is 23.4 Å². The van der Waals surface area contributed by atoms with Gasteiger partial charge in [0.25, 0.3) is 0 Å². The molecule has 0 amide bonds. The standard InChI is InChI=1S/C19H21F3N6O2S/c1-4-5-10-9(2)14-12(24-16(10)11-8-23-26-17(11)19(20,21)22)6-7-13-15(14)18(27-25-13)28-31(3,29)30/h6-8,16,24H,4-5H2,1-3H3,(H,23,26)(H2,25,27,28). The fraction of sp³-hybridized carbons (Fsp3) is 0.368. The van der Waals surface area contributed by atoms with Crippen LogP contribution in [0.2, 0.25) is 0 Å². The van der Waals surface area contributed by atoms with Crippen molar-refractivity contribution in [3.63, 3.8) is 0 Å². The van der Waals surface area contributed by atoms with Gasteiger partial charge < -0.3 is 5.32 Å². The average Bonchev–Trinajstić information content (AvgIpc) is 3.30. The maximum Gasteiger partial charge on any atom is 0.433 e. The van der Waals surface area contributed by atoms with Crippen molar-refractivity contribution in [1.29, 1.82) is 0 Å². The number of alkyl halides is 3. The van der Waals surface area contributed by atoms with E-state index in [1.54, 1.807) is 12.1 Å². The van der Waals surface area contributed by atoms with Crippen LogP contribution in [0.25, 0.3) is 16.5 Å². The molecule has 0 spiro atoms. The summed E-state index contributed by atoms with van der Waals surface area (Å²) >= 11 is 0. The molecule has 1 atom stereocenters. The number of hydrogen-bond donors (Lipinski definition) is 4. The molecule has 31 heavy (non-hydrogen) atoms. The molecule has 2 aromatic heterocycles. The Labute approximate surface area is 176 Å². The highest BCUT2D eigenvalue weighted by atomic mass is 32.2. The summed E-state index contributed by atoms with van der Waals surface area (Å²) in [6.07, 6.45) is -1.08. The minimum atomic E-state index is -4.57. The van der Waals surface area contributed by atoms with Crippen LogP contribution in [-0.4, -0.2) is 35.1 Å². The Bertz CT molecular complexity index is 1290. The van der Waals surface area contributed by atoms with E-state index < -0.39 is 27.9 Å². The van der Waals surface area contributed by atoms with Crippen molar-refractivity contribution in [3.8, 4) is 0 Å². The minimum absolute atomic E-state index is 0.0164. The Balaban J connectivity index is 1.94. The van der Waals surface area contributed by atoms with E-state index >= 15 is 0 Å². The number of rotatable bonds is 5. The lowest BCUT2D eigenvalue weighted by molar-refractivity contribution is -0.141. The summed E-state index contributed by atoms with van der Waals surface area (Å²) in [7, 11) is -3.58. The monoisotopic (exact) mass is 454 g/mol. The van der Waals surface area contributed by atoms with E-state index in [9.17, 15) is 21.6 Å². The second kappa shape index (κ2) is 7.29. The number of nitrogens with zero attached hydrogens (tertiary/aromatic N) is 2. The van der Waals surface area contributed by atoms with Crippen LogP contribution in [0.15, 0.2) is 23.9 Å². The first kappa shape index (κ1) is 21.2. The number of hydrogen-bond acceptors (Lipinski definition) is 5. The normalized spacial score (nSPS) is 17.0. The summed E-state index contributed by atoms with van der Waals surface area (Å²) in [6, 6.07) is 2.72. The first-order chi connectivity index (χ1) is 14.5. The van der Waals surface area contributed by atoms with Crippen LogP contribution in [0.4, 0.5) is 24.7 Å². The Morgan fingerprint density at radius 3 is 2.61 bits per heavy atom. The number of halogens is 3. The number of fused-ring (bicyclic) bond motifs is 3. The van der Waals surface area contributed by atoms with Crippen LogP contribution >= 0.6 is 0 Å². The van der Waals surface area contributed by atoms with Crippen molar-refractivity contribution in [2.24, 2.45) is 0 Å². The third kappa shape index (κ3) is 3.75. The molecule has 0 bridgehead atoms. The van der Waals surface area contributed by atoms with Crippen molar-refractivity contribution in [3.05, 3.63) is 40.7 Å². The molecular weight excluding hydrogens is 433 g/mol. The molecule has 0 saturated heterocycles. The number of anilines is 2. The van der Waals surface area contributed by atoms with Crippen LogP contribution in [-0.2, 0) is 16.2 Å². The Morgan fingerprint density at radius 1 is 1.23 bits per heavy atom. The highest BCUT2D eigenvalue weighted by molar-refractivity contribution is 7.92. The van der Waals surface area contributed by atoms with E-state index in [-0.39, 0.29) is 11.4 Å². The highest BCUT2D eigenvalue weighted by Crippen LogP contribution is 2.47. The largest absolute Gasteiger partial charge is 0.433 e. The third-order valence-electron chi connectivity index (χ3n) is 5.30. The van der Waals surface area contributed by atoms with Gasteiger partial charge in [-0.15, -0.1) is 0 Å². The van der Waals surface area contributed by atoms with Gasteiger partial charge in [0.1, 0.15) is 5.69 Å². The van der Waals surface area contributed by atoms with E-state index in [4.69, 9.17) is 0 Å². The smallest absolute Gasteiger partial charge is 0.374 e. The maximum absolute atomic E-state index is 13.5. The van der Waals surface area contributed by atoms with Crippen LogP contribution in [0.1, 0.15) is 49.6 Å². The molecule has 8 nitrogen and oxygen atoms in total. The van der Waals surface area contributed by atoms with Gasteiger partial charge in [-0.1, -0.05) is 13.3 Å². The lowest BCUT2D eigenvalue weighted by Gasteiger charge is -2.32. The van der Waals surface area contributed by atoms with E-state index in [0.29, 0.717) is 28.6 Å². The van der Waals surface area contributed by atoms with Crippen LogP contribution < -0.4 is 10.0 Å². The molecule has 0 saturated carbocycles. The fourth-order valence-corrected chi connectivity index (χ4v) is 4.60. The van der Waals surface area contributed by atoms with Gasteiger partial charge in [0.05, 0.1) is 29.4 Å². The zero-order chi connectivity index (χ0) is 22.6. The van der Waals surface area contributed by atoms with E-state index in [0.717, 1.165) is 23.8 Å². The molecule has 4 rings (SSSR count). The first-order valence-corrected chi connectivity index (χ1v) is 11.5. The van der Waals surface area contributed by atoms with Gasteiger partial charge in [0, 0.05) is 16.8 Å². The molecule has 1 aromatic carbocycles. The van der Waals surface area contributed by atoms with Gasteiger partial charge in [0.15, 0.2) is 5.82 Å². The van der Waals surface area contributed by atoms with Crippen molar-refractivity contribution >= 4 is 38.0 Å². The van der Waals surface area contributed by atoms with Gasteiger partial charge in [0.2, 0.25) is 10.0 Å². The van der Waals surface area contributed by atoms with Gasteiger partial charge in [-0.25, -0.2) is 8.42 Å². The summed E-state index contributed by atoms with van der Waals surface area (Å²) in [6.45, 7) is 3.78. The van der Waals surface area contributed by atoms with E-state index in [1.165, 1.54) is 6.20 Å². The molecule has 3 aromatic rings. The Kier molecular flexibility index (Phi) is 4.99. The molecule has 0 fully saturated rings. The second-order valence-corrected chi connectivity index (χ2v) is 9.28. The van der Waals surface area contributed by atoms with Crippen LogP contribution in [0.3, 0.4) is 0 Å². The Hall–Kier alpha value is -3.02. The minimum Gasteiger partial charge on any atom is -0.374 e. The highest BCUT2D eigenvalue weighted by Gasteiger charge is 2.40. The summed E-state index contributed by atoms with van der Waals surface area (Å²) in [5.74, 6) is 0.143. The third-order valence-corrected chi connectivity index (χ3v) is 5.86. The van der Waals surface area contributed by atoms with Gasteiger partial charge in [-0.3, -0.25) is 14.9 Å². The van der Waals surface area contributed by atoms with Crippen LogP contribution in [0.5, 0.6) is 0 Å². The summed E-state index contributed by atoms with van der Waals surface area (Å²) in [4.78, 5) is 0. The van der Waals surface area contributed by atoms with E-state index in [2.05, 4.69) is 30.4 Å². The number of benzene rings is 1. The summed E-state index contributed by atoms with van der Waals surface area (Å²) in [5.41, 5.74) is 2.58. The lowest BCUT2D eigenvalue weighted by Crippen LogP contribution is -2.22. The van der Waals surface area contributed by atoms with Crippen molar-refractivity contribution < 1.29 is 21.6 Å². The molecule has 4 N–H and O–H groups in total. The number of nitrogens with one attached hydrogen (secondary N) is 4. The SMILES string of the molecule is CCCC1=C(C)c2c(ccc3[nH]nc(NS(C)(=O)=O)c23)NC1c1cn[nH]c1C(F)(F)F. The van der Waals surface area contributed by atoms with E-state index in [1.807, 2.05) is 13.8 Å². The fourth-order valence-electron chi connectivity index (χ4n) is 4.10. The van der Waals surface area contributed by atoms with Crippen molar-refractivity contribution in [2.75, 3.05) is 16.3 Å². The predicted octanol–water partition coefficient (Wildman–Crippen LogP) is 4.42. The molecule has 1 aliphatic heterocycles. The number of aromatic amines is 2. The Morgan fingerprint density at radius 2 is 1.97 bits per heavy atom. The molecular formula is C19H21F3N6O2S. The molecule has 0 radical (unpaired) electrons. The number of aromatic nitrogens is 4. The second-order valence-electron chi connectivity index (χ2n) is 7.53. The summed E-state index contributed by atoms with van der Waals surface area (Å²) < 4.78 is 66.6. The molecule has 1 unspecified atom stereocenters. The summed E-state index contributed by atoms with van der Waals surface area (Å²) in [5, 5.41) is 16.4.